The Bertz CT molecular complexity index is 465. The van der Waals surface area contributed by atoms with E-state index in [1.165, 1.54) is 4.88 Å². The minimum Gasteiger partial charge on any atom is -0.493 e. The molecule has 17 heavy (non-hydrogen) atoms. The van der Waals surface area contributed by atoms with E-state index in [0.717, 1.165) is 23.6 Å². The Morgan fingerprint density at radius 1 is 1.29 bits per heavy atom. The van der Waals surface area contributed by atoms with Gasteiger partial charge in [-0.2, -0.15) is 0 Å². The molecule has 2 aromatic rings. The Balaban J connectivity index is 1.83. The highest BCUT2D eigenvalue weighted by atomic mass is 32.1. The van der Waals surface area contributed by atoms with Gasteiger partial charge >= 0.3 is 0 Å². The average molecular weight is 248 g/mol. The molecule has 1 aromatic carbocycles. The van der Waals surface area contributed by atoms with Gasteiger partial charge in [0.1, 0.15) is 5.75 Å². The summed E-state index contributed by atoms with van der Waals surface area (Å²) in [6.45, 7) is 2.73. The molecule has 3 nitrogen and oxygen atoms in total. The highest BCUT2D eigenvalue weighted by Crippen LogP contribution is 2.17. The molecule has 0 atom stereocenters. The topological polar surface area (TPSA) is 34.1 Å². The molecule has 0 saturated heterocycles. The van der Waals surface area contributed by atoms with Gasteiger partial charge in [0.05, 0.1) is 17.8 Å². The van der Waals surface area contributed by atoms with Gasteiger partial charge in [-0.3, -0.25) is 0 Å². The minimum atomic E-state index is 0.696. The fourth-order valence-corrected chi connectivity index (χ4v) is 2.31. The molecular weight excluding hydrogens is 232 g/mol. The average Bonchev–Trinajstić information content (AvgIpc) is 2.76. The van der Waals surface area contributed by atoms with Crippen molar-refractivity contribution in [1.29, 1.82) is 0 Å². The first kappa shape index (κ1) is 11.9. The van der Waals surface area contributed by atoms with E-state index in [-0.39, 0.29) is 0 Å². The van der Waals surface area contributed by atoms with Crippen LogP contribution in [-0.4, -0.2) is 18.6 Å². The normalized spacial score (nSPS) is 10.2. The molecule has 0 aliphatic rings. The number of anilines is 1. The summed E-state index contributed by atoms with van der Waals surface area (Å²) in [5, 5.41) is 3.08. The molecule has 0 spiro atoms. The van der Waals surface area contributed by atoms with E-state index < -0.39 is 0 Å². The molecule has 0 fully saturated rings. The van der Waals surface area contributed by atoms with Gasteiger partial charge in [0.2, 0.25) is 0 Å². The molecule has 1 N–H and O–H groups in total. The van der Waals surface area contributed by atoms with E-state index in [1.54, 1.807) is 11.3 Å². The molecule has 0 radical (unpaired) electrons. The third-order valence-electron chi connectivity index (χ3n) is 2.59. The maximum absolute atomic E-state index is 5.68. The van der Waals surface area contributed by atoms with Crippen molar-refractivity contribution >= 4 is 17.0 Å². The van der Waals surface area contributed by atoms with Crippen LogP contribution in [0.15, 0.2) is 29.8 Å². The summed E-state index contributed by atoms with van der Waals surface area (Å²) in [5.74, 6) is 0.908. The third-order valence-corrected chi connectivity index (χ3v) is 3.58. The number of hydrogen-bond acceptors (Lipinski definition) is 4. The fourth-order valence-electron chi connectivity index (χ4n) is 1.55. The molecular formula is C13H16N2OS. The maximum atomic E-state index is 5.68. The quantitative estimate of drug-likeness (QED) is 0.882. The smallest absolute Gasteiger partial charge is 0.119 e. The minimum absolute atomic E-state index is 0.696. The second-order valence-corrected chi connectivity index (χ2v) is 4.67. The lowest BCUT2D eigenvalue weighted by Gasteiger charge is -2.06. The number of aromatic nitrogens is 1. The van der Waals surface area contributed by atoms with Crippen LogP contribution in [0.25, 0.3) is 0 Å². The molecule has 4 heteroatoms. The standard InChI is InChI=1S/C13H16N2OS/c1-10-13(17-9-15-10)7-8-16-12-5-3-11(14-2)4-6-12/h3-6,9,14H,7-8H2,1-2H3. The zero-order valence-electron chi connectivity index (χ0n) is 10.1. The molecule has 0 saturated carbocycles. The van der Waals surface area contributed by atoms with Crippen molar-refractivity contribution in [2.45, 2.75) is 13.3 Å². The summed E-state index contributed by atoms with van der Waals surface area (Å²) in [4.78, 5) is 5.52. The zero-order chi connectivity index (χ0) is 12.1. The van der Waals surface area contributed by atoms with E-state index in [2.05, 4.69) is 10.3 Å². The molecule has 2 rings (SSSR count). The van der Waals surface area contributed by atoms with E-state index in [4.69, 9.17) is 4.74 Å². The summed E-state index contributed by atoms with van der Waals surface area (Å²) >= 11 is 1.69. The van der Waals surface area contributed by atoms with Crippen molar-refractivity contribution in [3.63, 3.8) is 0 Å². The number of ether oxygens (including phenoxy) is 1. The predicted octanol–water partition coefficient (Wildman–Crippen LogP) is 3.11. The molecule has 0 amide bonds. The number of thiazole rings is 1. The van der Waals surface area contributed by atoms with Gasteiger partial charge in [-0.25, -0.2) is 4.98 Å². The number of benzene rings is 1. The molecule has 0 aliphatic heterocycles. The Hall–Kier alpha value is -1.55. The van der Waals surface area contributed by atoms with Crippen molar-refractivity contribution in [3.05, 3.63) is 40.3 Å². The van der Waals surface area contributed by atoms with Crippen LogP contribution in [0.5, 0.6) is 5.75 Å². The summed E-state index contributed by atoms with van der Waals surface area (Å²) in [6.07, 6.45) is 0.921. The van der Waals surface area contributed by atoms with Gasteiger partial charge in [-0.1, -0.05) is 0 Å². The molecule has 90 valence electrons. The van der Waals surface area contributed by atoms with Crippen LogP contribution in [0, 0.1) is 6.92 Å². The number of rotatable bonds is 5. The Kier molecular flexibility index (Phi) is 3.98. The predicted molar refractivity (Wildman–Crippen MR) is 72.0 cm³/mol. The summed E-state index contributed by atoms with van der Waals surface area (Å²) in [6, 6.07) is 7.97. The fraction of sp³-hybridized carbons (Fsp3) is 0.308. The van der Waals surface area contributed by atoms with Crippen LogP contribution in [0.4, 0.5) is 5.69 Å². The molecule has 0 bridgehead atoms. The second kappa shape index (κ2) is 5.68. The van der Waals surface area contributed by atoms with Crippen molar-refractivity contribution < 1.29 is 4.74 Å². The Morgan fingerprint density at radius 3 is 2.65 bits per heavy atom. The number of aryl methyl sites for hydroxylation is 1. The summed E-state index contributed by atoms with van der Waals surface area (Å²) in [5.41, 5.74) is 4.09. The van der Waals surface area contributed by atoms with Crippen LogP contribution in [-0.2, 0) is 6.42 Å². The van der Waals surface area contributed by atoms with Gasteiger partial charge in [-0.05, 0) is 31.2 Å². The van der Waals surface area contributed by atoms with Crippen molar-refractivity contribution in [2.24, 2.45) is 0 Å². The Labute approximate surface area is 105 Å². The van der Waals surface area contributed by atoms with Gasteiger partial charge in [-0.15, -0.1) is 11.3 Å². The first-order valence-electron chi connectivity index (χ1n) is 5.59. The first-order chi connectivity index (χ1) is 8.29. The summed E-state index contributed by atoms with van der Waals surface area (Å²) in [7, 11) is 1.91. The largest absolute Gasteiger partial charge is 0.493 e. The lowest BCUT2D eigenvalue weighted by atomic mass is 10.3. The van der Waals surface area contributed by atoms with Gasteiger partial charge in [0.25, 0.3) is 0 Å². The van der Waals surface area contributed by atoms with E-state index >= 15 is 0 Å². The van der Waals surface area contributed by atoms with Gasteiger partial charge in [0, 0.05) is 24.0 Å². The van der Waals surface area contributed by atoms with Gasteiger partial charge in [0.15, 0.2) is 0 Å². The van der Waals surface area contributed by atoms with Crippen molar-refractivity contribution in [2.75, 3.05) is 19.0 Å². The van der Waals surface area contributed by atoms with E-state index in [9.17, 15) is 0 Å². The van der Waals surface area contributed by atoms with Crippen LogP contribution < -0.4 is 10.1 Å². The number of nitrogens with one attached hydrogen (secondary N) is 1. The molecule has 0 aliphatic carbocycles. The number of nitrogens with zero attached hydrogens (tertiary/aromatic N) is 1. The maximum Gasteiger partial charge on any atom is 0.119 e. The summed E-state index contributed by atoms with van der Waals surface area (Å²) < 4.78 is 5.68. The van der Waals surface area contributed by atoms with Gasteiger partial charge < -0.3 is 10.1 Å². The van der Waals surface area contributed by atoms with Crippen LogP contribution in [0.1, 0.15) is 10.6 Å². The highest BCUT2D eigenvalue weighted by Gasteiger charge is 2.01. The SMILES string of the molecule is CNc1ccc(OCCc2scnc2C)cc1. The van der Waals surface area contributed by atoms with Crippen LogP contribution in [0.2, 0.25) is 0 Å². The Morgan fingerprint density at radius 2 is 2.06 bits per heavy atom. The van der Waals surface area contributed by atoms with Crippen molar-refractivity contribution in [1.82, 2.24) is 4.98 Å². The lowest BCUT2D eigenvalue weighted by molar-refractivity contribution is 0.322. The van der Waals surface area contributed by atoms with E-state index in [1.807, 2.05) is 43.7 Å². The van der Waals surface area contributed by atoms with Crippen LogP contribution >= 0.6 is 11.3 Å². The molecule has 1 aromatic heterocycles. The molecule has 1 heterocycles. The molecule has 0 unspecified atom stereocenters. The number of hydrogen-bond donors (Lipinski definition) is 1. The van der Waals surface area contributed by atoms with E-state index in [0.29, 0.717) is 6.61 Å². The lowest BCUT2D eigenvalue weighted by Crippen LogP contribution is -2.01. The van der Waals surface area contributed by atoms with Crippen molar-refractivity contribution in [3.8, 4) is 5.75 Å². The second-order valence-electron chi connectivity index (χ2n) is 3.73. The first-order valence-corrected chi connectivity index (χ1v) is 6.47. The highest BCUT2D eigenvalue weighted by molar-refractivity contribution is 7.09. The van der Waals surface area contributed by atoms with Crippen LogP contribution in [0.3, 0.4) is 0 Å². The monoisotopic (exact) mass is 248 g/mol. The zero-order valence-corrected chi connectivity index (χ0v) is 10.9. The third kappa shape index (κ3) is 3.20.